The highest BCUT2D eigenvalue weighted by Gasteiger charge is 2.30. The molecule has 1 aliphatic carbocycles. The molecule has 8 heteroatoms. The molecule has 4 aromatic rings. The van der Waals surface area contributed by atoms with Crippen LogP contribution in [0.5, 0.6) is 0 Å². The molecule has 0 bridgehead atoms. The Morgan fingerprint density at radius 1 is 1.06 bits per heavy atom. The van der Waals surface area contributed by atoms with Crippen molar-refractivity contribution < 1.29 is 13.5 Å². The van der Waals surface area contributed by atoms with Crippen LogP contribution < -0.4 is 0 Å². The van der Waals surface area contributed by atoms with Crippen molar-refractivity contribution in [1.29, 1.82) is 0 Å². The third-order valence-corrected chi connectivity index (χ3v) is 6.47. The van der Waals surface area contributed by atoms with Crippen molar-refractivity contribution in [3.63, 3.8) is 0 Å². The van der Waals surface area contributed by atoms with Crippen LogP contribution in [0.25, 0.3) is 22.3 Å². The lowest BCUT2D eigenvalue weighted by atomic mass is 9.89. The average Bonchev–Trinajstić information content (AvgIpc) is 3.54. The number of benzene rings is 1. The van der Waals surface area contributed by atoms with Crippen molar-refractivity contribution in [1.82, 2.24) is 24.7 Å². The lowest BCUT2D eigenvalue weighted by Crippen LogP contribution is -2.19. The number of fused-ring (bicyclic) bond motifs is 1. The zero-order valence-electron chi connectivity index (χ0n) is 18.2. The summed E-state index contributed by atoms with van der Waals surface area (Å²) in [7, 11) is 0. The molecular weight excluding hydrogens is 424 g/mol. The monoisotopic (exact) mass is 447 g/mol. The van der Waals surface area contributed by atoms with Crippen molar-refractivity contribution in [2.24, 2.45) is 0 Å². The van der Waals surface area contributed by atoms with E-state index >= 15 is 0 Å². The first-order chi connectivity index (χ1) is 16.0. The second-order valence-electron chi connectivity index (χ2n) is 8.96. The number of aryl methyl sites for hydroxylation is 1. The molecule has 0 amide bonds. The van der Waals surface area contributed by atoms with Gasteiger partial charge in [0, 0.05) is 47.8 Å². The first-order valence-corrected chi connectivity index (χ1v) is 11.3. The Kier molecular flexibility index (Phi) is 4.90. The minimum Gasteiger partial charge on any atom is -0.373 e. The van der Waals surface area contributed by atoms with E-state index in [0.717, 1.165) is 35.9 Å². The van der Waals surface area contributed by atoms with Crippen LogP contribution in [0.15, 0.2) is 42.9 Å². The molecule has 1 aliphatic heterocycles. The molecule has 0 radical (unpaired) electrons. The first-order valence-electron chi connectivity index (χ1n) is 11.3. The SMILES string of the molecule is Cc1cnc2c(-c3ccc(F)cc3F)nc(C3CCO[C@@H](c4cnn(C5CC5)c4)C3)cc2n1. The van der Waals surface area contributed by atoms with E-state index in [0.29, 0.717) is 29.4 Å². The standard InChI is InChI=1S/C25H23F2N5O/c1-14-11-28-25-22(30-14)10-21(31-24(25)19-5-2-17(26)9-20(19)27)15-6-7-33-23(8-15)16-12-29-32(13-16)18-3-4-18/h2,5,9-13,15,18,23H,3-4,6-8H2,1H3/t15?,23-/m1/s1. The molecule has 2 fully saturated rings. The Morgan fingerprint density at radius 3 is 2.76 bits per heavy atom. The molecule has 3 aromatic heterocycles. The van der Waals surface area contributed by atoms with E-state index in [2.05, 4.69) is 21.3 Å². The highest BCUT2D eigenvalue weighted by molar-refractivity contribution is 5.89. The van der Waals surface area contributed by atoms with Crippen molar-refractivity contribution in [3.8, 4) is 11.3 Å². The third-order valence-electron chi connectivity index (χ3n) is 6.47. The maximum Gasteiger partial charge on any atom is 0.135 e. The van der Waals surface area contributed by atoms with Gasteiger partial charge in [-0.2, -0.15) is 5.10 Å². The van der Waals surface area contributed by atoms with E-state index in [1.54, 1.807) is 6.20 Å². The summed E-state index contributed by atoms with van der Waals surface area (Å²) < 4.78 is 36.4. The zero-order chi connectivity index (χ0) is 22.5. The first kappa shape index (κ1) is 20.4. The fourth-order valence-electron chi connectivity index (χ4n) is 4.57. The van der Waals surface area contributed by atoms with Crippen molar-refractivity contribution in [3.05, 3.63) is 71.4 Å². The van der Waals surface area contributed by atoms with E-state index < -0.39 is 11.6 Å². The second kappa shape index (κ2) is 7.95. The number of halogens is 2. The van der Waals surface area contributed by atoms with Gasteiger partial charge in [0.15, 0.2) is 0 Å². The highest BCUT2D eigenvalue weighted by atomic mass is 19.1. The van der Waals surface area contributed by atoms with Gasteiger partial charge in [0.25, 0.3) is 0 Å². The van der Waals surface area contributed by atoms with Crippen LogP contribution in [-0.4, -0.2) is 31.3 Å². The van der Waals surface area contributed by atoms with Gasteiger partial charge in [0.05, 0.1) is 29.6 Å². The number of rotatable bonds is 4. The van der Waals surface area contributed by atoms with E-state index in [4.69, 9.17) is 9.72 Å². The van der Waals surface area contributed by atoms with Crippen molar-refractivity contribution >= 4 is 11.0 Å². The van der Waals surface area contributed by atoms with Gasteiger partial charge in [-0.15, -0.1) is 0 Å². The molecule has 6 rings (SSSR count). The Hall–Kier alpha value is -3.26. The fraction of sp³-hybridized carbons (Fsp3) is 0.360. The van der Waals surface area contributed by atoms with Gasteiger partial charge in [-0.05, 0) is 50.8 Å². The fourth-order valence-corrected chi connectivity index (χ4v) is 4.57. The van der Waals surface area contributed by atoms with Crippen LogP contribution in [0, 0.1) is 18.6 Å². The number of pyridine rings is 1. The summed E-state index contributed by atoms with van der Waals surface area (Å²) in [6, 6.07) is 5.99. The molecule has 0 N–H and O–H groups in total. The molecule has 0 spiro atoms. The summed E-state index contributed by atoms with van der Waals surface area (Å²) in [5.41, 5.74) is 4.43. The molecule has 33 heavy (non-hydrogen) atoms. The van der Waals surface area contributed by atoms with Gasteiger partial charge in [-0.25, -0.2) is 18.7 Å². The van der Waals surface area contributed by atoms with E-state index in [1.807, 2.05) is 23.9 Å². The molecule has 1 unspecified atom stereocenters. The summed E-state index contributed by atoms with van der Waals surface area (Å²) in [6.45, 7) is 2.47. The van der Waals surface area contributed by atoms with Gasteiger partial charge < -0.3 is 4.74 Å². The maximum atomic E-state index is 14.7. The van der Waals surface area contributed by atoms with Gasteiger partial charge >= 0.3 is 0 Å². The molecule has 1 saturated carbocycles. The smallest absolute Gasteiger partial charge is 0.135 e. The number of hydrogen-bond acceptors (Lipinski definition) is 5. The topological polar surface area (TPSA) is 65.7 Å². The normalized spacial score (nSPS) is 20.9. The van der Waals surface area contributed by atoms with Crippen LogP contribution in [0.2, 0.25) is 0 Å². The molecule has 6 nitrogen and oxygen atoms in total. The third kappa shape index (κ3) is 3.88. The Labute approximate surface area is 189 Å². The highest BCUT2D eigenvalue weighted by Crippen LogP contribution is 2.40. The molecule has 168 valence electrons. The molecule has 4 heterocycles. The lowest BCUT2D eigenvalue weighted by Gasteiger charge is -2.29. The Morgan fingerprint density at radius 2 is 1.94 bits per heavy atom. The van der Waals surface area contributed by atoms with Gasteiger partial charge in [-0.1, -0.05) is 0 Å². The van der Waals surface area contributed by atoms with Crippen LogP contribution >= 0.6 is 0 Å². The average molecular weight is 447 g/mol. The summed E-state index contributed by atoms with van der Waals surface area (Å²) in [6.07, 6.45) is 9.47. The number of ether oxygens (including phenoxy) is 1. The minimum atomic E-state index is -0.666. The number of nitrogens with zero attached hydrogens (tertiary/aromatic N) is 5. The van der Waals surface area contributed by atoms with E-state index in [1.165, 1.54) is 25.0 Å². The van der Waals surface area contributed by atoms with E-state index in [-0.39, 0.29) is 17.6 Å². The summed E-state index contributed by atoms with van der Waals surface area (Å²) in [5, 5.41) is 4.50. The molecular formula is C25H23F2N5O. The predicted molar refractivity (Wildman–Crippen MR) is 119 cm³/mol. The zero-order valence-corrected chi connectivity index (χ0v) is 18.2. The predicted octanol–water partition coefficient (Wildman–Crippen LogP) is 5.45. The van der Waals surface area contributed by atoms with Gasteiger partial charge in [0.1, 0.15) is 22.8 Å². The number of hydrogen-bond donors (Lipinski definition) is 0. The Bertz CT molecular complexity index is 1350. The largest absolute Gasteiger partial charge is 0.373 e. The molecule has 2 aliphatic rings. The van der Waals surface area contributed by atoms with Crippen molar-refractivity contribution in [2.45, 2.75) is 50.7 Å². The summed E-state index contributed by atoms with van der Waals surface area (Å²) >= 11 is 0. The molecule has 1 aromatic carbocycles. The van der Waals surface area contributed by atoms with Gasteiger partial charge in [-0.3, -0.25) is 9.67 Å². The Balaban J connectivity index is 1.39. The van der Waals surface area contributed by atoms with Crippen LogP contribution in [0.1, 0.15) is 60.7 Å². The molecule has 2 atom stereocenters. The second-order valence-corrected chi connectivity index (χ2v) is 8.96. The summed E-state index contributed by atoms with van der Waals surface area (Å²) in [5.74, 6) is -1.18. The lowest BCUT2D eigenvalue weighted by molar-refractivity contribution is 0.00462. The quantitative estimate of drug-likeness (QED) is 0.417. The van der Waals surface area contributed by atoms with Crippen LogP contribution in [0.3, 0.4) is 0 Å². The van der Waals surface area contributed by atoms with Crippen LogP contribution in [0.4, 0.5) is 8.78 Å². The van der Waals surface area contributed by atoms with Crippen LogP contribution in [-0.2, 0) is 4.74 Å². The van der Waals surface area contributed by atoms with Crippen molar-refractivity contribution in [2.75, 3.05) is 6.61 Å². The molecule has 1 saturated heterocycles. The summed E-state index contributed by atoms with van der Waals surface area (Å²) in [4.78, 5) is 13.9. The van der Waals surface area contributed by atoms with E-state index in [9.17, 15) is 8.78 Å². The van der Waals surface area contributed by atoms with Gasteiger partial charge in [0.2, 0.25) is 0 Å². The minimum absolute atomic E-state index is 0.0663. The maximum absolute atomic E-state index is 14.7. The number of aromatic nitrogens is 5.